The summed E-state index contributed by atoms with van der Waals surface area (Å²) in [5.74, 6) is 0.668. The van der Waals surface area contributed by atoms with Crippen molar-refractivity contribution in [1.29, 1.82) is 5.26 Å². The number of aromatic nitrogens is 3. The molecule has 0 aliphatic carbocycles. The van der Waals surface area contributed by atoms with Gasteiger partial charge in [0.05, 0.1) is 6.54 Å². The van der Waals surface area contributed by atoms with Gasteiger partial charge in [0.2, 0.25) is 5.91 Å². The Hall–Kier alpha value is -2.40. The van der Waals surface area contributed by atoms with Crippen LogP contribution in [0, 0.1) is 11.3 Å². The van der Waals surface area contributed by atoms with Gasteiger partial charge in [-0.1, -0.05) is 15.9 Å². The smallest absolute Gasteiger partial charge is 0.252 e. The molecule has 0 saturated heterocycles. The lowest BCUT2D eigenvalue weighted by atomic mass is 10.3. The number of hydrogen-bond donors (Lipinski definition) is 0. The molecule has 0 atom stereocenters. The zero-order valence-electron chi connectivity index (χ0n) is 11.9. The average Bonchev–Trinajstić information content (AvgIpc) is 2.96. The Bertz CT molecular complexity index is 677. The summed E-state index contributed by atoms with van der Waals surface area (Å²) in [6.45, 7) is 0.892. The Morgan fingerprint density at radius 2 is 2.18 bits per heavy atom. The Morgan fingerprint density at radius 1 is 1.45 bits per heavy atom. The number of nitriles is 1. The fourth-order valence-corrected chi connectivity index (χ4v) is 1.90. The van der Waals surface area contributed by atoms with Gasteiger partial charge >= 0.3 is 0 Å². The minimum absolute atomic E-state index is 0.0451. The number of halogens is 1. The first kappa shape index (κ1) is 16.0. The number of carbonyl (C=O) groups is 1. The van der Waals surface area contributed by atoms with E-state index in [9.17, 15) is 4.79 Å². The van der Waals surface area contributed by atoms with E-state index in [0.29, 0.717) is 13.2 Å². The number of hydrogen-bond acceptors (Lipinski definition) is 5. The number of rotatable bonds is 6. The van der Waals surface area contributed by atoms with E-state index in [-0.39, 0.29) is 18.3 Å². The SMILES string of the molecule is CN(CCOc1ccc(Br)cc1)C(=O)Cn1cnc(C#N)n1. The van der Waals surface area contributed by atoms with E-state index >= 15 is 0 Å². The van der Waals surface area contributed by atoms with Crippen LogP contribution in [-0.2, 0) is 11.3 Å². The molecule has 0 aliphatic heterocycles. The van der Waals surface area contributed by atoms with E-state index in [2.05, 4.69) is 26.0 Å². The highest BCUT2D eigenvalue weighted by Crippen LogP contribution is 2.15. The normalized spacial score (nSPS) is 10.0. The van der Waals surface area contributed by atoms with Crippen LogP contribution < -0.4 is 4.74 Å². The van der Waals surface area contributed by atoms with E-state index in [1.54, 1.807) is 11.9 Å². The van der Waals surface area contributed by atoms with Crippen LogP contribution >= 0.6 is 15.9 Å². The van der Waals surface area contributed by atoms with Crippen LogP contribution in [0.1, 0.15) is 5.82 Å². The lowest BCUT2D eigenvalue weighted by molar-refractivity contribution is -0.131. The summed E-state index contributed by atoms with van der Waals surface area (Å²) in [5, 5.41) is 12.5. The first-order valence-corrected chi connectivity index (χ1v) is 7.29. The number of carbonyl (C=O) groups excluding carboxylic acids is 1. The molecule has 2 aromatic rings. The van der Waals surface area contributed by atoms with Crippen molar-refractivity contribution in [1.82, 2.24) is 19.7 Å². The van der Waals surface area contributed by atoms with Crippen LogP contribution in [-0.4, -0.2) is 45.8 Å². The Labute approximate surface area is 136 Å². The third kappa shape index (κ3) is 4.56. The van der Waals surface area contributed by atoms with Crippen molar-refractivity contribution in [3.05, 3.63) is 40.9 Å². The number of amides is 1. The van der Waals surface area contributed by atoms with Crippen molar-refractivity contribution in [2.75, 3.05) is 20.2 Å². The van der Waals surface area contributed by atoms with Gasteiger partial charge in [-0.2, -0.15) is 5.26 Å². The molecule has 1 heterocycles. The molecule has 22 heavy (non-hydrogen) atoms. The average molecular weight is 364 g/mol. The van der Waals surface area contributed by atoms with Gasteiger partial charge in [-0.05, 0) is 24.3 Å². The first-order chi connectivity index (χ1) is 10.6. The van der Waals surface area contributed by atoms with Gasteiger partial charge in [-0.3, -0.25) is 4.79 Å². The molecule has 0 saturated carbocycles. The highest BCUT2D eigenvalue weighted by atomic mass is 79.9. The predicted octanol–water partition coefficient (Wildman–Crippen LogP) is 1.45. The van der Waals surface area contributed by atoms with Crippen LogP contribution in [0.2, 0.25) is 0 Å². The highest BCUT2D eigenvalue weighted by Gasteiger charge is 2.11. The molecule has 8 heteroatoms. The van der Waals surface area contributed by atoms with Gasteiger partial charge in [0, 0.05) is 11.5 Å². The maximum absolute atomic E-state index is 12.0. The largest absolute Gasteiger partial charge is 0.492 e. The predicted molar refractivity (Wildman–Crippen MR) is 82.0 cm³/mol. The number of benzene rings is 1. The standard InChI is InChI=1S/C14H14BrN5O2/c1-19(6-7-22-12-4-2-11(15)3-5-12)14(21)9-20-10-17-13(8-16)18-20/h2-5,10H,6-7,9H2,1H3. The molecule has 0 aliphatic rings. The summed E-state index contributed by atoms with van der Waals surface area (Å²) < 4.78 is 7.88. The Morgan fingerprint density at radius 3 is 2.82 bits per heavy atom. The van der Waals surface area contributed by atoms with Crippen molar-refractivity contribution in [3.8, 4) is 11.8 Å². The summed E-state index contributed by atoms with van der Waals surface area (Å²) in [6, 6.07) is 9.30. The van der Waals surface area contributed by atoms with Crippen molar-refractivity contribution >= 4 is 21.8 Å². The van der Waals surface area contributed by atoms with E-state index in [1.165, 1.54) is 11.0 Å². The Kier molecular flexibility index (Phi) is 5.49. The lowest BCUT2D eigenvalue weighted by Gasteiger charge is -2.17. The maximum atomic E-state index is 12.0. The third-order valence-corrected chi connectivity index (χ3v) is 3.40. The molecule has 1 aromatic carbocycles. The van der Waals surface area contributed by atoms with Crippen LogP contribution in [0.15, 0.2) is 35.1 Å². The molecule has 0 unspecified atom stereocenters. The fourth-order valence-electron chi connectivity index (χ4n) is 1.64. The zero-order chi connectivity index (χ0) is 15.9. The van der Waals surface area contributed by atoms with Gasteiger partial charge < -0.3 is 9.64 Å². The third-order valence-electron chi connectivity index (χ3n) is 2.87. The molecule has 0 bridgehead atoms. The van der Waals surface area contributed by atoms with Crippen LogP contribution in [0.4, 0.5) is 0 Å². The molecule has 1 amide bonds. The molecule has 114 valence electrons. The van der Waals surface area contributed by atoms with Crippen molar-refractivity contribution in [3.63, 3.8) is 0 Å². The first-order valence-electron chi connectivity index (χ1n) is 6.50. The minimum atomic E-state index is -0.131. The summed E-state index contributed by atoms with van der Waals surface area (Å²) in [4.78, 5) is 17.3. The number of nitrogens with zero attached hydrogens (tertiary/aromatic N) is 5. The van der Waals surface area contributed by atoms with Gasteiger partial charge in [0.25, 0.3) is 5.82 Å². The molecule has 0 radical (unpaired) electrons. The summed E-state index contributed by atoms with van der Waals surface area (Å²) in [5.41, 5.74) is 0. The van der Waals surface area contributed by atoms with Gasteiger partial charge in [-0.15, -0.1) is 5.10 Å². The minimum Gasteiger partial charge on any atom is -0.492 e. The second-order valence-electron chi connectivity index (χ2n) is 4.50. The van der Waals surface area contributed by atoms with Crippen LogP contribution in [0.25, 0.3) is 0 Å². The fraction of sp³-hybridized carbons (Fsp3) is 0.286. The van der Waals surface area contributed by atoms with Crippen LogP contribution in [0.3, 0.4) is 0 Å². The second kappa shape index (κ2) is 7.56. The highest BCUT2D eigenvalue weighted by molar-refractivity contribution is 9.10. The van der Waals surface area contributed by atoms with E-state index < -0.39 is 0 Å². The van der Waals surface area contributed by atoms with Crippen molar-refractivity contribution in [2.45, 2.75) is 6.54 Å². The van der Waals surface area contributed by atoms with Gasteiger partial charge in [-0.25, -0.2) is 9.67 Å². The zero-order valence-corrected chi connectivity index (χ0v) is 13.5. The topological polar surface area (TPSA) is 84.0 Å². The molecule has 0 fully saturated rings. The monoisotopic (exact) mass is 363 g/mol. The molecular formula is C14H14BrN5O2. The molecule has 7 nitrogen and oxygen atoms in total. The second-order valence-corrected chi connectivity index (χ2v) is 5.41. The lowest BCUT2D eigenvalue weighted by Crippen LogP contribution is -2.33. The van der Waals surface area contributed by atoms with Crippen LogP contribution in [0.5, 0.6) is 5.75 Å². The van der Waals surface area contributed by atoms with Crippen molar-refractivity contribution < 1.29 is 9.53 Å². The summed E-state index contributed by atoms with van der Waals surface area (Å²) in [6.07, 6.45) is 1.36. The van der Waals surface area contributed by atoms with Crippen molar-refractivity contribution in [2.24, 2.45) is 0 Å². The van der Waals surface area contributed by atoms with Gasteiger partial charge in [0.1, 0.15) is 31.3 Å². The molecule has 0 N–H and O–H groups in total. The number of ether oxygens (including phenoxy) is 1. The number of likely N-dealkylation sites (N-methyl/N-ethyl adjacent to an activating group) is 1. The Balaban J connectivity index is 1.76. The molecule has 2 rings (SSSR count). The molecular weight excluding hydrogens is 350 g/mol. The summed E-state index contributed by atoms with van der Waals surface area (Å²) in [7, 11) is 1.69. The maximum Gasteiger partial charge on any atom is 0.252 e. The van der Waals surface area contributed by atoms with E-state index in [4.69, 9.17) is 10.00 Å². The quantitative estimate of drug-likeness (QED) is 0.775. The molecule has 1 aromatic heterocycles. The van der Waals surface area contributed by atoms with E-state index in [1.807, 2.05) is 30.3 Å². The molecule has 0 spiro atoms. The van der Waals surface area contributed by atoms with Gasteiger partial charge in [0.15, 0.2) is 0 Å². The summed E-state index contributed by atoms with van der Waals surface area (Å²) >= 11 is 3.35. The van der Waals surface area contributed by atoms with E-state index in [0.717, 1.165) is 10.2 Å².